The van der Waals surface area contributed by atoms with E-state index in [1.165, 1.54) is 174 Å². The van der Waals surface area contributed by atoms with E-state index in [9.17, 15) is 0 Å². The van der Waals surface area contributed by atoms with Crippen LogP contribution in [0.1, 0.15) is 154 Å². The van der Waals surface area contributed by atoms with Gasteiger partial charge in [0.1, 0.15) is 0 Å². The molecule has 1 saturated heterocycles. The normalized spacial score (nSPS) is 25.7. The highest BCUT2D eigenvalue weighted by molar-refractivity contribution is 4.69. The highest BCUT2D eigenvalue weighted by Crippen LogP contribution is 2.22. The molecule has 1 heteroatoms. The Hall–Kier alpha value is -0.0400. The Bertz CT molecular complexity index is 309. The molecular weight excluding hydrogens is 350 g/mol. The molecule has 1 saturated carbocycles. The second-order valence-electron chi connectivity index (χ2n) is 10.5. The third-order valence-corrected chi connectivity index (χ3v) is 7.69. The lowest BCUT2D eigenvalue weighted by molar-refractivity contribution is 0.204. The van der Waals surface area contributed by atoms with E-state index in [4.69, 9.17) is 0 Å². The van der Waals surface area contributed by atoms with Crippen molar-refractivity contribution in [3.05, 3.63) is 0 Å². The minimum atomic E-state index is 0.982. The summed E-state index contributed by atoms with van der Waals surface area (Å²) in [5.74, 6) is 0.982. The molecule has 1 aliphatic heterocycles. The van der Waals surface area contributed by atoms with E-state index < -0.39 is 0 Å². The first-order valence-corrected chi connectivity index (χ1v) is 14.2. The van der Waals surface area contributed by atoms with Crippen LogP contribution in [0.15, 0.2) is 0 Å². The van der Waals surface area contributed by atoms with Gasteiger partial charge in [-0.15, -0.1) is 0 Å². The molecule has 0 bridgehead atoms. The van der Waals surface area contributed by atoms with E-state index in [0.29, 0.717) is 0 Å². The Balaban J connectivity index is 1.77. The summed E-state index contributed by atoms with van der Waals surface area (Å²) in [6.45, 7) is 4.19. The smallest absolute Gasteiger partial charge is 0.000965 e. The molecule has 172 valence electrons. The molecule has 0 N–H and O–H groups in total. The predicted octanol–water partition coefficient (Wildman–Crippen LogP) is 9.29. The Morgan fingerprint density at radius 3 is 0.966 bits per heavy atom. The van der Waals surface area contributed by atoms with E-state index in [0.717, 1.165) is 5.92 Å². The van der Waals surface area contributed by atoms with E-state index in [1.807, 2.05) is 0 Å². The molecule has 29 heavy (non-hydrogen) atoms. The van der Waals surface area contributed by atoms with Crippen LogP contribution in [0.3, 0.4) is 0 Å². The van der Waals surface area contributed by atoms with Crippen LogP contribution in [0.4, 0.5) is 0 Å². The van der Waals surface area contributed by atoms with Gasteiger partial charge in [-0.25, -0.2) is 0 Å². The second kappa shape index (κ2) is 18.7. The van der Waals surface area contributed by atoms with Crippen LogP contribution in [0.2, 0.25) is 0 Å². The lowest BCUT2D eigenvalue weighted by Gasteiger charge is -2.28. The average molecular weight is 406 g/mol. The zero-order valence-corrected chi connectivity index (χ0v) is 20.1. The van der Waals surface area contributed by atoms with E-state index in [2.05, 4.69) is 4.90 Å². The first-order chi connectivity index (χ1) is 14.4. The summed E-state index contributed by atoms with van der Waals surface area (Å²) >= 11 is 0. The minimum absolute atomic E-state index is 0.982. The zero-order chi connectivity index (χ0) is 20.2. The van der Waals surface area contributed by atoms with Crippen molar-refractivity contribution in [3.63, 3.8) is 0 Å². The molecule has 1 nitrogen and oxygen atoms in total. The molecule has 0 aromatic carbocycles. The summed E-state index contributed by atoms with van der Waals surface area (Å²) in [4.78, 5) is 2.90. The van der Waals surface area contributed by atoms with Gasteiger partial charge in [0.2, 0.25) is 0 Å². The Labute approximate surface area is 184 Å². The third-order valence-electron chi connectivity index (χ3n) is 7.69. The Kier molecular flexibility index (Phi) is 16.3. The van der Waals surface area contributed by atoms with Crippen molar-refractivity contribution in [2.45, 2.75) is 154 Å². The fraction of sp³-hybridized carbons (Fsp3) is 1.00. The monoisotopic (exact) mass is 405 g/mol. The molecule has 0 atom stereocenters. The van der Waals surface area contributed by atoms with Gasteiger partial charge in [0.05, 0.1) is 0 Å². The van der Waals surface area contributed by atoms with Crippen molar-refractivity contribution in [2.24, 2.45) is 5.92 Å². The quantitative estimate of drug-likeness (QED) is 0.442. The van der Waals surface area contributed by atoms with Crippen molar-refractivity contribution in [1.29, 1.82) is 0 Å². The lowest BCUT2D eigenvalue weighted by Crippen LogP contribution is -2.32. The van der Waals surface area contributed by atoms with Gasteiger partial charge < -0.3 is 4.90 Å². The summed E-state index contributed by atoms with van der Waals surface area (Å²) in [6, 6.07) is 0. The van der Waals surface area contributed by atoms with Crippen LogP contribution in [0.5, 0.6) is 0 Å². The largest absolute Gasteiger partial charge is 0.303 e. The zero-order valence-electron chi connectivity index (χ0n) is 20.1. The predicted molar refractivity (Wildman–Crippen MR) is 131 cm³/mol. The Morgan fingerprint density at radius 1 is 0.345 bits per heavy atom. The molecule has 0 amide bonds. The van der Waals surface area contributed by atoms with Gasteiger partial charge in [0, 0.05) is 6.54 Å². The molecule has 2 rings (SSSR count). The van der Waals surface area contributed by atoms with Gasteiger partial charge in [0.25, 0.3) is 0 Å². The van der Waals surface area contributed by atoms with Crippen LogP contribution < -0.4 is 0 Å². The number of nitrogens with zero attached hydrogens (tertiary/aromatic N) is 1. The Morgan fingerprint density at radius 2 is 0.621 bits per heavy atom. The summed E-state index contributed by atoms with van der Waals surface area (Å²) in [6.07, 6.45) is 35.8. The number of hydrogen-bond donors (Lipinski definition) is 0. The molecule has 0 aromatic rings. The van der Waals surface area contributed by atoms with E-state index in [-0.39, 0.29) is 0 Å². The van der Waals surface area contributed by atoms with Crippen LogP contribution in [-0.4, -0.2) is 24.5 Å². The summed E-state index contributed by atoms with van der Waals surface area (Å²) in [7, 11) is 0. The summed E-state index contributed by atoms with van der Waals surface area (Å²) < 4.78 is 0. The van der Waals surface area contributed by atoms with Gasteiger partial charge in [-0.3, -0.25) is 0 Å². The van der Waals surface area contributed by atoms with Crippen molar-refractivity contribution in [1.82, 2.24) is 4.90 Å². The topological polar surface area (TPSA) is 3.24 Å². The van der Waals surface area contributed by atoms with Gasteiger partial charge in [-0.1, -0.05) is 128 Å². The fourth-order valence-electron chi connectivity index (χ4n) is 5.71. The van der Waals surface area contributed by atoms with Crippen LogP contribution >= 0.6 is 0 Å². The van der Waals surface area contributed by atoms with Gasteiger partial charge >= 0.3 is 0 Å². The maximum Gasteiger partial charge on any atom is 0.000965 e. The molecule has 1 aliphatic carbocycles. The molecule has 0 spiro atoms. The number of hydrogen-bond acceptors (Lipinski definition) is 1. The molecular formula is C28H55N. The van der Waals surface area contributed by atoms with Gasteiger partial charge in [-0.2, -0.15) is 0 Å². The van der Waals surface area contributed by atoms with Crippen molar-refractivity contribution in [2.75, 3.05) is 19.6 Å². The maximum absolute atomic E-state index is 2.90. The SMILES string of the molecule is C1CCCCCCCC(CN2CCCCCCCCCCCC2)CCCCCC1. The van der Waals surface area contributed by atoms with Gasteiger partial charge in [0.15, 0.2) is 0 Å². The van der Waals surface area contributed by atoms with E-state index in [1.54, 1.807) is 0 Å². The second-order valence-corrected chi connectivity index (χ2v) is 10.5. The summed E-state index contributed by atoms with van der Waals surface area (Å²) in [5, 5.41) is 0. The number of rotatable bonds is 2. The fourth-order valence-corrected chi connectivity index (χ4v) is 5.71. The average Bonchev–Trinajstić information content (AvgIpc) is 2.74. The highest BCUT2D eigenvalue weighted by Gasteiger charge is 2.14. The molecule has 1 heterocycles. The van der Waals surface area contributed by atoms with Crippen molar-refractivity contribution < 1.29 is 0 Å². The third kappa shape index (κ3) is 14.6. The van der Waals surface area contributed by atoms with Crippen LogP contribution in [0, 0.1) is 5.92 Å². The molecule has 0 radical (unpaired) electrons. The molecule has 0 aromatic heterocycles. The summed E-state index contributed by atoms with van der Waals surface area (Å²) in [5.41, 5.74) is 0. The molecule has 2 aliphatic rings. The molecule has 2 fully saturated rings. The molecule has 0 unspecified atom stereocenters. The first kappa shape index (κ1) is 25.2. The first-order valence-electron chi connectivity index (χ1n) is 14.2. The maximum atomic E-state index is 2.90. The van der Waals surface area contributed by atoms with Crippen molar-refractivity contribution in [3.8, 4) is 0 Å². The van der Waals surface area contributed by atoms with Crippen molar-refractivity contribution >= 4 is 0 Å². The van der Waals surface area contributed by atoms with Crippen LogP contribution in [0.25, 0.3) is 0 Å². The minimum Gasteiger partial charge on any atom is -0.303 e. The standard InChI is InChI=1S/C28H55N/c1-2-4-8-12-16-20-24-28(23-19-15-11-7-3-1)27-29-25-21-17-13-9-5-6-10-14-18-22-26-29/h28H,1-27H2. The van der Waals surface area contributed by atoms with Gasteiger partial charge in [-0.05, 0) is 44.7 Å². The highest BCUT2D eigenvalue weighted by atomic mass is 15.1. The van der Waals surface area contributed by atoms with Crippen LogP contribution in [-0.2, 0) is 0 Å². The van der Waals surface area contributed by atoms with E-state index >= 15 is 0 Å². The lowest BCUT2D eigenvalue weighted by atomic mass is 9.93.